The quantitative estimate of drug-likeness (QED) is 0.872. The Kier molecular flexibility index (Phi) is 5.00. The molecule has 2 rings (SSSR count). The van der Waals surface area contributed by atoms with Gasteiger partial charge in [-0.1, -0.05) is 59.6 Å². The van der Waals surface area contributed by atoms with Gasteiger partial charge in [-0.25, -0.2) is 0 Å². The molecule has 1 N–H and O–H groups in total. The summed E-state index contributed by atoms with van der Waals surface area (Å²) in [5, 5.41) is 10.3. The van der Waals surface area contributed by atoms with Gasteiger partial charge in [0.15, 0.2) is 0 Å². The molecule has 0 amide bonds. The minimum atomic E-state index is 0.180. The van der Waals surface area contributed by atoms with E-state index in [1.807, 2.05) is 24.3 Å². The van der Waals surface area contributed by atoms with Crippen molar-refractivity contribution in [1.82, 2.24) is 0 Å². The molecule has 1 atom stereocenters. The van der Waals surface area contributed by atoms with Crippen LogP contribution in [0.4, 0.5) is 0 Å². The van der Waals surface area contributed by atoms with Crippen LogP contribution in [0.2, 0.25) is 5.02 Å². The van der Waals surface area contributed by atoms with Gasteiger partial charge >= 0.3 is 0 Å². The van der Waals surface area contributed by atoms with Gasteiger partial charge in [-0.3, -0.25) is 0 Å². The zero-order valence-electron chi connectivity index (χ0n) is 11.1. The summed E-state index contributed by atoms with van der Waals surface area (Å²) in [6.07, 6.45) is 1.69. The lowest BCUT2D eigenvalue weighted by Crippen LogP contribution is -2.13. The first-order valence-electron chi connectivity index (χ1n) is 6.59. The lowest BCUT2D eigenvalue weighted by Gasteiger charge is -2.15. The van der Waals surface area contributed by atoms with E-state index >= 15 is 0 Å². The molecule has 0 aliphatic heterocycles. The number of rotatable bonds is 5. The standard InChI is InChI=1S/C17H19ClO/c1-13-6-8-14(9-7-13)10-15(12-19)11-16-4-2-3-5-17(16)18/h2-9,15,19H,10-12H2,1H3. The largest absolute Gasteiger partial charge is 0.396 e. The SMILES string of the molecule is Cc1ccc(CC(CO)Cc2ccccc2Cl)cc1. The maximum absolute atomic E-state index is 9.55. The molecule has 0 aromatic heterocycles. The highest BCUT2D eigenvalue weighted by molar-refractivity contribution is 6.31. The van der Waals surface area contributed by atoms with Crippen LogP contribution in [0.15, 0.2) is 48.5 Å². The third kappa shape index (κ3) is 4.09. The highest BCUT2D eigenvalue weighted by Gasteiger charge is 2.11. The van der Waals surface area contributed by atoms with Gasteiger partial charge in [-0.2, -0.15) is 0 Å². The normalized spacial score (nSPS) is 12.4. The Morgan fingerprint density at radius 2 is 1.68 bits per heavy atom. The minimum Gasteiger partial charge on any atom is -0.396 e. The zero-order chi connectivity index (χ0) is 13.7. The highest BCUT2D eigenvalue weighted by Crippen LogP contribution is 2.21. The maximum atomic E-state index is 9.55. The number of aliphatic hydroxyl groups excluding tert-OH is 1. The molecule has 0 radical (unpaired) electrons. The van der Waals surface area contributed by atoms with Crippen molar-refractivity contribution in [2.45, 2.75) is 19.8 Å². The van der Waals surface area contributed by atoms with Crippen molar-refractivity contribution in [3.63, 3.8) is 0 Å². The zero-order valence-corrected chi connectivity index (χ0v) is 11.9. The Morgan fingerprint density at radius 3 is 2.32 bits per heavy atom. The Labute approximate surface area is 119 Å². The summed E-state index contributed by atoms with van der Waals surface area (Å²) in [5.74, 6) is 0.211. The average molecular weight is 275 g/mol. The summed E-state index contributed by atoms with van der Waals surface area (Å²) in [6, 6.07) is 16.3. The van der Waals surface area contributed by atoms with Crippen LogP contribution >= 0.6 is 11.6 Å². The predicted octanol–water partition coefficient (Wildman–Crippen LogP) is 4.04. The van der Waals surface area contributed by atoms with Gasteiger partial charge in [0.2, 0.25) is 0 Å². The molecule has 0 saturated carbocycles. The Hall–Kier alpha value is -1.31. The van der Waals surface area contributed by atoms with E-state index in [1.54, 1.807) is 0 Å². The highest BCUT2D eigenvalue weighted by atomic mass is 35.5. The monoisotopic (exact) mass is 274 g/mol. The fourth-order valence-corrected chi connectivity index (χ4v) is 2.45. The molecule has 0 spiro atoms. The van der Waals surface area contributed by atoms with Crippen molar-refractivity contribution >= 4 is 11.6 Å². The molecule has 19 heavy (non-hydrogen) atoms. The molecule has 0 aliphatic carbocycles. The summed E-state index contributed by atoms with van der Waals surface area (Å²) in [6.45, 7) is 2.26. The van der Waals surface area contributed by atoms with Crippen molar-refractivity contribution in [1.29, 1.82) is 0 Å². The summed E-state index contributed by atoms with van der Waals surface area (Å²) in [5.41, 5.74) is 3.63. The van der Waals surface area contributed by atoms with Gasteiger partial charge in [0, 0.05) is 11.6 Å². The summed E-state index contributed by atoms with van der Waals surface area (Å²) in [4.78, 5) is 0. The fraction of sp³-hybridized carbons (Fsp3) is 0.294. The van der Waals surface area contributed by atoms with Crippen LogP contribution in [-0.2, 0) is 12.8 Å². The predicted molar refractivity (Wildman–Crippen MR) is 80.6 cm³/mol. The van der Waals surface area contributed by atoms with Gasteiger partial charge in [0.25, 0.3) is 0 Å². The molecule has 0 bridgehead atoms. The lowest BCUT2D eigenvalue weighted by molar-refractivity contribution is 0.225. The summed E-state index contributed by atoms with van der Waals surface area (Å²) in [7, 11) is 0. The first-order chi connectivity index (χ1) is 9.19. The number of hydrogen-bond donors (Lipinski definition) is 1. The van der Waals surface area contributed by atoms with Crippen molar-refractivity contribution in [3.8, 4) is 0 Å². The molecule has 0 fully saturated rings. The van der Waals surface area contributed by atoms with Crippen LogP contribution in [-0.4, -0.2) is 11.7 Å². The Balaban J connectivity index is 2.05. The Bertz CT molecular complexity index is 519. The van der Waals surface area contributed by atoms with E-state index in [-0.39, 0.29) is 12.5 Å². The third-order valence-electron chi connectivity index (χ3n) is 3.37. The average Bonchev–Trinajstić information content (AvgIpc) is 2.43. The van der Waals surface area contributed by atoms with E-state index in [1.165, 1.54) is 11.1 Å². The molecule has 2 aromatic carbocycles. The van der Waals surface area contributed by atoms with Gasteiger partial charge in [0.05, 0.1) is 0 Å². The number of aryl methyl sites for hydroxylation is 1. The summed E-state index contributed by atoms with van der Waals surface area (Å²) >= 11 is 6.17. The van der Waals surface area contributed by atoms with Crippen LogP contribution in [0.5, 0.6) is 0 Å². The van der Waals surface area contributed by atoms with Gasteiger partial charge in [-0.15, -0.1) is 0 Å². The van der Waals surface area contributed by atoms with Gasteiger partial charge < -0.3 is 5.11 Å². The van der Waals surface area contributed by atoms with Crippen molar-refractivity contribution in [2.24, 2.45) is 5.92 Å². The first kappa shape index (κ1) is 14.1. The molecule has 0 heterocycles. The van der Waals surface area contributed by atoms with E-state index in [0.717, 1.165) is 23.4 Å². The van der Waals surface area contributed by atoms with Crippen LogP contribution < -0.4 is 0 Å². The first-order valence-corrected chi connectivity index (χ1v) is 6.96. The van der Waals surface area contributed by atoms with Crippen LogP contribution in [0.1, 0.15) is 16.7 Å². The number of benzene rings is 2. The number of aliphatic hydroxyl groups is 1. The molecule has 2 aromatic rings. The smallest absolute Gasteiger partial charge is 0.0465 e. The van der Waals surface area contributed by atoms with E-state index in [9.17, 15) is 5.11 Å². The molecule has 100 valence electrons. The van der Waals surface area contributed by atoms with Crippen LogP contribution in [0.3, 0.4) is 0 Å². The second-order valence-electron chi connectivity index (χ2n) is 5.03. The molecular weight excluding hydrogens is 256 g/mol. The van der Waals surface area contributed by atoms with E-state index in [0.29, 0.717) is 0 Å². The second kappa shape index (κ2) is 6.74. The van der Waals surface area contributed by atoms with Crippen molar-refractivity contribution < 1.29 is 5.11 Å². The van der Waals surface area contributed by atoms with E-state index in [2.05, 4.69) is 31.2 Å². The topological polar surface area (TPSA) is 20.2 Å². The fourth-order valence-electron chi connectivity index (χ4n) is 2.23. The van der Waals surface area contributed by atoms with Crippen molar-refractivity contribution in [2.75, 3.05) is 6.61 Å². The molecule has 0 aliphatic rings. The van der Waals surface area contributed by atoms with E-state index in [4.69, 9.17) is 11.6 Å². The molecule has 1 unspecified atom stereocenters. The molecular formula is C17H19ClO. The van der Waals surface area contributed by atoms with E-state index < -0.39 is 0 Å². The maximum Gasteiger partial charge on any atom is 0.0465 e. The summed E-state index contributed by atoms with van der Waals surface area (Å²) < 4.78 is 0. The number of hydrogen-bond acceptors (Lipinski definition) is 1. The third-order valence-corrected chi connectivity index (χ3v) is 3.74. The molecule has 1 nitrogen and oxygen atoms in total. The van der Waals surface area contributed by atoms with Gasteiger partial charge in [-0.05, 0) is 42.9 Å². The van der Waals surface area contributed by atoms with Gasteiger partial charge in [0.1, 0.15) is 0 Å². The minimum absolute atomic E-state index is 0.180. The molecule has 2 heteroatoms. The van der Waals surface area contributed by atoms with Crippen molar-refractivity contribution in [3.05, 3.63) is 70.2 Å². The van der Waals surface area contributed by atoms with Crippen LogP contribution in [0, 0.1) is 12.8 Å². The second-order valence-corrected chi connectivity index (χ2v) is 5.44. The molecule has 0 saturated heterocycles. The lowest BCUT2D eigenvalue weighted by atomic mass is 9.93. The Morgan fingerprint density at radius 1 is 1.00 bits per heavy atom. The number of halogens is 1. The van der Waals surface area contributed by atoms with Crippen LogP contribution in [0.25, 0.3) is 0 Å².